The van der Waals surface area contributed by atoms with Crippen LogP contribution in [0.5, 0.6) is 0 Å². The molecule has 1 nitrogen and oxygen atoms in total. The molecule has 0 aromatic heterocycles. The minimum Gasteiger partial charge on any atom is -0.321 e. The summed E-state index contributed by atoms with van der Waals surface area (Å²) in [6, 6.07) is 0. The van der Waals surface area contributed by atoms with Gasteiger partial charge in [0.1, 0.15) is 0 Å². The fraction of sp³-hybridized carbons (Fsp3) is 1.00. The highest BCUT2D eigenvalue weighted by atomic mass is 32.2. The van der Waals surface area contributed by atoms with Crippen molar-refractivity contribution in [1.82, 2.24) is 0 Å². The van der Waals surface area contributed by atoms with Gasteiger partial charge in [0.05, 0.1) is 0 Å². The van der Waals surface area contributed by atoms with Gasteiger partial charge in [-0.2, -0.15) is 0 Å². The van der Waals surface area contributed by atoms with E-state index in [4.69, 9.17) is 5.73 Å². The Labute approximate surface area is 61.4 Å². The maximum absolute atomic E-state index is 5.87. The summed E-state index contributed by atoms with van der Waals surface area (Å²) in [4.78, 5) is 0. The molecule has 0 radical (unpaired) electrons. The van der Waals surface area contributed by atoms with Crippen LogP contribution in [-0.2, 0) is 0 Å². The van der Waals surface area contributed by atoms with Gasteiger partial charge in [0.15, 0.2) is 0 Å². The molecule has 0 aromatic carbocycles. The van der Waals surface area contributed by atoms with E-state index in [1.54, 1.807) is 0 Å². The summed E-state index contributed by atoms with van der Waals surface area (Å²) in [6.07, 6.45) is 1.15. The summed E-state index contributed by atoms with van der Waals surface area (Å²) in [5, 5.41) is 0.495. The third-order valence-electron chi connectivity index (χ3n) is 1.70. The second-order valence-electron chi connectivity index (χ2n) is 2.20. The van der Waals surface area contributed by atoms with Crippen molar-refractivity contribution in [2.75, 3.05) is 11.5 Å². The Bertz CT molecular complexity index is 61.9. The first-order valence-corrected chi connectivity index (χ1v) is 5.53. The first-order chi connectivity index (χ1) is 4.26. The molecule has 2 heteroatoms. The van der Waals surface area contributed by atoms with Crippen LogP contribution in [0.25, 0.3) is 0 Å². The first kappa shape index (κ1) is 9.31. The summed E-state index contributed by atoms with van der Waals surface area (Å²) in [5.74, 6) is 2.58. The fourth-order valence-electron chi connectivity index (χ4n) is 0.951. The maximum Gasteiger partial charge on any atom is 0.0325 e. The van der Waals surface area contributed by atoms with Gasteiger partial charge in [-0.15, -0.1) is 0 Å². The zero-order valence-electron chi connectivity index (χ0n) is 6.72. The van der Waals surface area contributed by atoms with Crippen LogP contribution in [0.3, 0.4) is 0 Å². The lowest BCUT2D eigenvalue weighted by molar-refractivity contribution is 0.860. The van der Waals surface area contributed by atoms with Gasteiger partial charge in [-0.05, 0) is 17.9 Å². The molecule has 0 spiro atoms. The van der Waals surface area contributed by atoms with Crippen LogP contribution < -0.4 is 5.73 Å². The summed E-state index contributed by atoms with van der Waals surface area (Å²) in [5.41, 5.74) is 5.87. The van der Waals surface area contributed by atoms with Crippen molar-refractivity contribution >= 4 is 10.9 Å². The highest BCUT2D eigenvalue weighted by Crippen LogP contribution is 2.28. The maximum atomic E-state index is 5.87. The summed E-state index contributed by atoms with van der Waals surface area (Å²) < 4.78 is 0. The highest BCUT2D eigenvalue weighted by Gasteiger charge is 2.05. The molecule has 0 fully saturated rings. The second kappa shape index (κ2) is 5.12. The van der Waals surface area contributed by atoms with E-state index in [0.717, 1.165) is 6.42 Å². The van der Waals surface area contributed by atoms with E-state index in [1.165, 1.54) is 11.5 Å². The molecule has 1 unspecified atom stereocenters. The van der Waals surface area contributed by atoms with Crippen molar-refractivity contribution in [3.8, 4) is 0 Å². The van der Waals surface area contributed by atoms with Gasteiger partial charge in [0, 0.05) is 5.37 Å². The Morgan fingerprint density at radius 1 is 1.22 bits per heavy atom. The molecule has 0 aliphatic carbocycles. The molecule has 0 bridgehead atoms. The molecule has 0 heterocycles. The van der Waals surface area contributed by atoms with Crippen molar-refractivity contribution in [2.45, 2.75) is 32.6 Å². The van der Waals surface area contributed by atoms with Gasteiger partial charge in [-0.3, -0.25) is 0 Å². The van der Waals surface area contributed by atoms with Crippen LogP contribution in [0.1, 0.15) is 27.2 Å². The fourth-order valence-corrected chi connectivity index (χ4v) is 2.85. The standard InChI is InChI=1S/C7H19NS/c1-4-7(8)9(5-2)6-3/h7,9H,4-6,8H2,1-3H3. The Hall–Kier alpha value is 0.310. The second-order valence-corrected chi connectivity index (χ2v) is 5.30. The molecule has 58 valence electrons. The molecule has 0 aliphatic rings. The van der Waals surface area contributed by atoms with Gasteiger partial charge in [-0.25, -0.2) is 10.9 Å². The third kappa shape index (κ3) is 3.11. The van der Waals surface area contributed by atoms with Gasteiger partial charge < -0.3 is 5.73 Å². The molecular formula is C7H19NS. The molecule has 2 N–H and O–H groups in total. The van der Waals surface area contributed by atoms with E-state index in [-0.39, 0.29) is 10.9 Å². The third-order valence-corrected chi connectivity index (χ3v) is 4.63. The molecular weight excluding hydrogens is 130 g/mol. The van der Waals surface area contributed by atoms with Crippen LogP contribution in [0.15, 0.2) is 0 Å². The highest BCUT2D eigenvalue weighted by molar-refractivity contribution is 8.17. The smallest absolute Gasteiger partial charge is 0.0325 e. The lowest BCUT2D eigenvalue weighted by Gasteiger charge is -2.23. The SMILES string of the molecule is CCC(N)[SH](CC)CC. The summed E-state index contributed by atoms with van der Waals surface area (Å²) in [7, 11) is 0.160. The van der Waals surface area contributed by atoms with Crippen LogP contribution >= 0.6 is 10.9 Å². The van der Waals surface area contributed by atoms with E-state index < -0.39 is 0 Å². The van der Waals surface area contributed by atoms with Crippen LogP contribution in [0.2, 0.25) is 0 Å². The number of nitrogens with two attached hydrogens (primary N) is 1. The summed E-state index contributed by atoms with van der Waals surface area (Å²) in [6.45, 7) is 6.65. The monoisotopic (exact) mass is 149 g/mol. The minimum absolute atomic E-state index is 0.160. The number of hydrogen-bond acceptors (Lipinski definition) is 1. The molecule has 1 atom stereocenters. The zero-order chi connectivity index (χ0) is 7.28. The lowest BCUT2D eigenvalue weighted by atomic mass is 10.5. The van der Waals surface area contributed by atoms with E-state index in [0.29, 0.717) is 5.37 Å². The quantitative estimate of drug-likeness (QED) is 0.585. The Morgan fingerprint density at radius 2 is 1.67 bits per heavy atom. The molecule has 9 heavy (non-hydrogen) atoms. The Balaban J connectivity index is 3.50. The van der Waals surface area contributed by atoms with Crippen molar-refractivity contribution in [1.29, 1.82) is 0 Å². The normalized spacial score (nSPS) is 15.3. The average Bonchev–Trinajstić information content (AvgIpc) is 1.90. The van der Waals surface area contributed by atoms with Gasteiger partial charge in [0.25, 0.3) is 0 Å². The lowest BCUT2D eigenvalue weighted by Crippen LogP contribution is -2.20. The number of thiol groups is 1. The van der Waals surface area contributed by atoms with Crippen molar-refractivity contribution in [2.24, 2.45) is 5.73 Å². The van der Waals surface area contributed by atoms with Gasteiger partial charge in [-0.1, -0.05) is 20.8 Å². The van der Waals surface area contributed by atoms with Crippen LogP contribution in [0, 0.1) is 0 Å². The molecule has 0 aromatic rings. The topological polar surface area (TPSA) is 26.0 Å². The molecule has 0 saturated heterocycles. The van der Waals surface area contributed by atoms with Crippen molar-refractivity contribution < 1.29 is 0 Å². The minimum atomic E-state index is 0.160. The molecule has 0 rings (SSSR count). The summed E-state index contributed by atoms with van der Waals surface area (Å²) >= 11 is 0. The first-order valence-electron chi connectivity index (χ1n) is 3.75. The largest absolute Gasteiger partial charge is 0.321 e. The van der Waals surface area contributed by atoms with E-state index >= 15 is 0 Å². The predicted molar refractivity (Wildman–Crippen MR) is 48.3 cm³/mol. The molecule has 0 aliphatic heterocycles. The van der Waals surface area contributed by atoms with Crippen LogP contribution in [-0.4, -0.2) is 16.9 Å². The zero-order valence-corrected chi connectivity index (χ0v) is 7.62. The van der Waals surface area contributed by atoms with E-state index in [1.807, 2.05) is 0 Å². The number of rotatable bonds is 4. The van der Waals surface area contributed by atoms with E-state index in [9.17, 15) is 0 Å². The van der Waals surface area contributed by atoms with Gasteiger partial charge in [0.2, 0.25) is 0 Å². The Morgan fingerprint density at radius 3 is 1.78 bits per heavy atom. The van der Waals surface area contributed by atoms with Crippen LogP contribution in [0.4, 0.5) is 0 Å². The van der Waals surface area contributed by atoms with Crippen molar-refractivity contribution in [3.63, 3.8) is 0 Å². The van der Waals surface area contributed by atoms with E-state index in [2.05, 4.69) is 20.8 Å². The average molecular weight is 149 g/mol. The Kier molecular flexibility index (Phi) is 5.30. The van der Waals surface area contributed by atoms with Gasteiger partial charge >= 0.3 is 0 Å². The molecule has 0 saturated carbocycles. The number of hydrogen-bond donors (Lipinski definition) is 2. The predicted octanol–water partition coefficient (Wildman–Crippen LogP) is 1.72. The van der Waals surface area contributed by atoms with Crippen molar-refractivity contribution in [3.05, 3.63) is 0 Å². The molecule has 0 amide bonds.